The van der Waals surface area contributed by atoms with Crippen LogP contribution in [0, 0.1) is 6.42 Å². The van der Waals surface area contributed by atoms with Crippen LogP contribution in [0.5, 0.6) is 0 Å². The van der Waals surface area contributed by atoms with E-state index in [-0.39, 0.29) is 11.7 Å². The van der Waals surface area contributed by atoms with Gasteiger partial charge in [0.2, 0.25) is 11.8 Å². The third kappa shape index (κ3) is 3.72. The van der Waals surface area contributed by atoms with E-state index in [1.807, 2.05) is 0 Å². The molecule has 3 N–H and O–H groups in total. The number of hydrogen-bond donors (Lipinski definition) is 2. The van der Waals surface area contributed by atoms with E-state index in [2.05, 4.69) is 5.32 Å². The molecule has 2 unspecified atom stereocenters. The Morgan fingerprint density at radius 2 is 1.85 bits per heavy atom. The first-order valence-corrected chi connectivity index (χ1v) is 10.1. The lowest BCUT2D eigenvalue weighted by atomic mass is 10.1. The second-order valence-corrected chi connectivity index (χ2v) is 8.64. The highest BCUT2D eigenvalue weighted by atomic mass is 32.2. The van der Waals surface area contributed by atoms with Gasteiger partial charge in [0.25, 0.3) is 5.91 Å². The summed E-state index contributed by atoms with van der Waals surface area (Å²) in [6.07, 6.45) is 3.61. The monoisotopic (exact) mass is 378 g/mol. The highest BCUT2D eigenvalue weighted by Gasteiger charge is 2.42. The Morgan fingerprint density at radius 3 is 2.42 bits per heavy atom. The lowest BCUT2D eigenvalue weighted by molar-refractivity contribution is -0.119. The van der Waals surface area contributed by atoms with Crippen molar-refractivity contribution in [2.45, 2.75) is 30.6 Å². The number of amides is 3. The molecule has 3 rings (SSSR count). The normalized spacial score (nSPS) is 25.1. The van der Waals surface area contributed by atoms with Crippen molar-refractivity contribution < 1.29 is 22.8 Å². The number of nitrogens with two attached hydrogens (primary N) is 1. The summed E-state index contributed by atoms with van der Waals surface area (Å²) in [5.41, 5.74) is 6.15. The largest absolute Gasteiger partial charge is 0.369 e. The molecule has 0 saturated carbocycles. The molecule has 8 nitrogen and oxygen atoms in total. The molecule has 1 radical (unpaired) electrons. The second-order valence-electron chi connectivity index (χ2n) is 6.47. The van der Waals surface area contributed by atoms with E-state index in [0.717, 1.165) is 18.5 Å². The molecule has 139 valence electrons. The van der Waals surface area contributed by atoms with Gasteiger partial charge in [0.05, 0.1) is 5.75 Å². The molecule has 2 atom stereocenters. The number of rotatable bonds is 4. The van der Waals surface area contributed by atoms with Crippen molar-refractivity contribution in [3.8, 4) is 0 Å². The van der Waals surface area contributed by atoms with Crippen LogP contribution in [0.25, 0.3) is 0 Å². The minimum atomic E-state index is -3.68. The van der Waals surface area contributed by atoms with Gasteiger partial charge < -0.3 is 16.0 Å². The van der Waals surface area contributed by atoms with Crippen LogP contribution in [0.3, 0.4) is 0 Å². The standard InChI is InChI=1S/C17H20N3O5S/c18-16(22)14-9-12(10-26(14,24)25)19-17(23)11-4-6-13(7-5-11)20-8-2-1-3-15(20)21/h4-7,9,12,14H,1-3,8,10H2,(H2,18,22)(H,19,23). The molecule has 3 amide bonds. The number of anilines is 1. The topological polar surface area (TPSA) is 127 Å². The van der Waals surface area contributed by atoms with Crippen molar-refractivity contribution in [3.05, 3.63) is 36.2 Å². The van der Waals surface area contributed by atoms with Crippen molar-refractivity contribution in [1.29, 1.82) is 0 Å². The summed E-state index contributed by atoms with van der Waals surface area (Å²) in [5.74, 6) is -1.69. The molecule has 2 fully saturated rings. The zero-order chi connectivity index (χ0) is 18.9. The summed E-state index contributed by atoms with van der Waals surface area (Å²) >= 11 is 0. The maximum atomic E-state index is 12.3. The van der Waals surface area contributed by atoms with E-state index in [1.165, 1.54) is 6.42 Å². The zero-order valence-electron chi connectivity index (χ0n) is 14.1. The van der Waals surface area contributed by atoms with E-state index >= 15 is 0 Å². The molecule has 26 heavy (non-hydrogen) atoms. The Labute approximate surface area is 151 Å². The summed E-state index contributed by atoms with van der Waals surface area (Å²) in [4.78, 5) is 37.1. The van der Waals surface area contributed by atoms with Gasteiger partial charge in [-0.1, -0.05) is 0 Å². The van der Waals surface area contributed by atoms with Crippen LogP contribution in [0.2, 0.25) is 0 Å². The van der Waals surface area contributed by atoms with E-state index in [0.29, 0.717) is 18.5 Å². The number of carbonyl (C=O) groups is 3. The van der Waals surface area contributed by atoms with Crippen molar-refractivity contribution in [3.63, 3.8) is 0 Å². The van der Waals surface area contributed by atoms with Crippen LogP contribution in [0.4, 0.5) is 5.69 Å². The van der Waals surface area contributed by atoms with Gasteiger partial charge in [-0.15, -0.1) is 0 Å². The summed E-state index contributed by atoms with van der Waals surface area (Å²) in [7, 11) is -3.68. The van der Waals surface area contributed by atoms with E-state index in [4.69, 9.17) is 5.73 Å². The number of piperidine rings is 1. The van der Waals surface area contributed by atoms with Gasteiger partial charge in [-0.05, 0) is 37.1 Å². The molecule has 2 heterocycles. The maximum Gasteiger partial charge on any atom is 0.251 e. The number of nitrogens with one attached hydrogen (secondary N) is 1. The zero-order valence-corrected chi connectivity index (χ0v) is 14.9. The SMILES string of the molecule is NC(=O)C1[CH]C(NC(=O)c2ccc(N3CCCCC3=O)cc2)CS1(=O)=O. The molecule has 2 aliphatic rings. The van der Waals surface area contributed by atoms with Crippen molar-refractivity contribution in [1.82, 2.24) is 5.32 Å². The molecule has 0 bridgehead atoms. The number of hydrogen-bond acceptors (Lipinski definition) is 5. The van der Waals surface area contributed by atoms with Crippen LogP contribution in [-0.2, 0) is 19.4 Å². The van der Waals surface area contributed by atoms with Crippen molar-refractivity contribution in [2.75, 3.05) is 17.2 Å². The number of primary amides is 1. The molecule has 0 spiro atoms. The lowest BCUT2D eigenvalue weighted by Crippen LogP contribution is -2.37. The molecule has 1 aromatic carbocycles. The van der Waals surface area contributed by atoms with Gasteiger partial charge in [-0.3, -0.25) is 14.4 Å². The summed E-state index contributed by atoms with van der Waals surface area (Å²) in [6, 6.07) is 5.79. The molecular weight excluding hydrogens is 358 g/mol. The summed E-state index contributed by atoms with van der Waals surface area (Å²) in [5, 5.41) is 1.21. The fourth-order valence-corrected chi connectivity index (χ4v) is 4.91. The average molecular weight is 378 g/mol. The van der Waals surface area contributed by atoms with Gasteiger partial charge in [-0.2, -0.15) is 0 Å². The molecule has 0 aliphatic carbocycles. The third-order valence-corrected chi connectivity index (χ3v) is 6.55. The predicted octanol–water partition coefficient (Wildman–Crippen LogP) is -0.212. The Morgan fingerprint density at radius 1 is 1.15 bits per heavy atom. The van der Waals surface area contributed by atoms with Gasteiger partial charge in [0, 0.05) is 36.7 Å². The summed E-state index contributed by atoms with van der Waals surface area (Å²) in [6.45, 7) is 0.660. The minimum Gasteiger partial charge on any atom is -0.369 e. The number of benzene rings is 1. The first kappa shape index (κ1) is 18.4. The fraction of sp³-hybridized carbons (Fsp3) is 0.412. The van der Waals surface area contributed by atoms with Crippen LogP contribution < -0.4 is 16.0 Å². The summed E-state index contributed by atoms with van der Waals surface area (Å²) < 4.78 is 23.7. The van der Waals surface area contributed by atoms with Crippen LogP contribution >= 0.6 is 0 Å². The van der Waals surface area contributed by atoms with Crippen LogP contribution in [0.15, 0.2) is 24.3 Å². The minimum absolute atomic E-state index is 0.0664. The Kier molecular flexibility index (Phi) is 4.99. The molecule has 2 saturated heterocycles. The molecule has 0 aromatic heterocycles. The van der Waals surface area contributed by atoms with E-state index < -0.39 is 32.9 Å². The quantitative estimate of drug-likeness (QED) is 0.749. The van der Waals surface area contributed by atoms with Crippen LogP contribution in [-0.4, -0.2) is 49.7 Å². The first-order chi connectivity index (χ1) is 12.3. The molecular formula is C17H20N3O5S. The highest BCUT2D eigenvalue weighted by molar-refractivity contribution is 7.93. The maximum absolute atomic E-state index is 12.3. The van der Waals surface area contributed by atoms with E-state index in [1.54, 1.807) is 29.2 Å². The van der Waals surface area contributed by atoms with Crippen LogP contribution in [0.1, 0.15) is 29.6 Å². The van der Waals surface area contributed by atoms with Crippen molar-refractivity contribution in [2.24, 2.45) is 5.73 Å². The Bertz CT molecular complexity index is 834. The molecule has 1 aromatic rings. The van der Waals surface area contributed by atoms with Gasteiger partial charge in [0.15, 0.2) is 9.84 Å². The first-order valence-electron chi connectivity index (χ1n) is 8.35. The Hall–Kier alpha value is -2.42. The third-order valence-electron chi connectivity index (χ3n) is 4.57. The average Bonchev–Trinajstić information content (AvgIpc) is 2.90. The Balaban J connectivity index is 1.66. The highest BCUT2D eigenvalue weighted by Crippen LogP contribution is 2.22. The lowest BCUT2D eigenvalue weighted by Gasteiger charge is -2.26. The number of nitrogens with zero attached hydrogens (tertiary/aromatic N) is 1. The predicted molar refractivity (Wildman–Crippen MR) is 95.0 cm³/mol. The second kappa shape index (κ2) is 7.06. The molecule has 9 heteroatoms. The molecule has 2 aliphatic heterocycles. The van der Waals surface area contributed by atoms with Gasteiger partial charge >= 0.3 is 0 Å². The number of sulfone groups is 1. The van der Waals surface area contributed by atoms with E-state index in [9.17, 15) is 22.8 Å². The van der Waals surface area contributed by atoms with Gasteiger partial charge in [0.1, 0.15) is 5.25 Å². The van der Waals surface area contributed by atoms with Crippen molar-refractivity contribution >= 4 is 33.2 Å². The fourth-order valence-electron chi connectivity index (χ4n) is 3.23. The smallest absolute Gasteiger partial charge is 0.251 e. The van der Waals surface area contributed by atoms with Gasteiger partial charge in [-0.25, -0.2) is 8.42 Å². The number of carbonyl (C=O) groups excluding carboxylic acids is 3.